The lowest BCUT2D eigenvalue weighted by molar-refractivity contribution is 0.176. The molecule has 0 radical (unpaired) electrons. The summed E-state index contributed by atoms with van der Waals surface area (Å²) in [5, 5.41) is 7.16. The number of halogens is 1. The van der Waals surface area contributed by atoms with Crippen molar-refractivity contribution in [3.63, 3.8) is 0 Å². The zero-order chi connectivity index (χ0) is 37.5. The fraction of sp³-hybridized carbons (Fsp3) is 0.0600. The molecule has 0 saturated carbocycles. The van der Waals surface area contributed by atoms with Gasteiger partial charge in [-0.2, -0.15) is 0 Å². The number of aromatic nitrogens is 1. The minimum absolute atomic E-state index is 0.195. The monoisotopic (exact) mass is 804 g/mol. The van der Waals surface area contributed by atoms with Crippen molar-refractivity contribution < 1.29 is 9.53 Å². The van der Waals surface area contributed by atoms with Gasteiger partial charge in [0.05, 0.1) is 34.7 Å². The number of amides is 1. The Morgan fingerprint density at radius 2 is 1.21 bits per heavy atom. The smallest absolute Gasteiger partial charge is 0.414 e. The summed E-state index contributed by atoms with van der Waals surface area (Å²) in [7, 11) is 1.47. The van der Waals surface area contributed by atoms with E-state index < -0.39 is 6.09 Å². The van der Waals surface area contributed by atoms with Gasteiger partial charge < -0.3 is 9.30 Å². The van der Waals surface area contributed by atoms with E-state index >= 15 is 0 Å². The van der Waals surface area contributed by atoms with Crippen LogP contribution in [0.2, 0.25) is 0 Å². The van der Waals surface area contributed by atoms with Crippen LogP contribution in [-0.4, -0.2) is 17.8 Å². The van der Waals surface area contributed by atoms with Gasteiger partial charge in [0.1, 0.15) is 0 Å². The molecule has 11 rings (SSSR count). The van der Waals surface area contributed by atoms with Gasteiger partial charge in [0.25, 0.3) is 0 Å². The van der Waals surface area contributed by atoms with Crippen LogP contribution in [-0.2, 0) is 4.74 Å². The number of para-hydroxylation sites is 4. The number of carbonyl (C=O) groups is 1. The highest BCUT2D eigenvalue weighted by Crippen LogP contribution is 2.57. The van der Waals surface area contributed by atoms with E-state index in [1.807, 2.05) is 22.3 Å². The number of ether oxygens (including phenoxy) is 1. The summed E-state index contributed by atoms with van der Waals surface area (Å²) >= 11 is 5.99. The fourth-order valence-electron chi connectivity index (χ4n) is 9.13. The van der Waals surface area contributed by atoms with Crippen molar-refractivity contribution in [2.45, 2.75) is 10.9 Å². The van der Waals surface area contributed by atoms with Crippen molar-refractivity contribution in [2.75, 3.05) is 12.0 Å². The minimum Gasteiger partial charge on any atom is -0.452 e. The highest BCUT2D eigenvalue weighted by atomic mass is 79.9. The van der Waals surface area contributed by atoms with Crippen molar-refractivity contribution in [3.05, 3.63) is 181 Å². The van der Waals surface area contributed by atoms with Crippen molar-refractivity contribution in [3.8, 4) is 27.9 Å². The van der Waals surface area contributed by atoms with Crippen molar-refractivity contribution in [1.82, 2.24) is 4.57 Å². The summed E-state index contributed by atoms with van der Waals surface area (Å²) in [6, 6.07) is 60.0. The van der Waals surface area contributed by atoms with Crippen LogP contribution in [0.3, 0.4) is 0 Å². The van der Waals surface area contributed by atoms with Crippen molar-refractivity contribution >= 4 is 91.8 Å². The third-order valence-electron chi connectivity index (χ3n) is 11.5. The van der Waals surface area contributed by atoms with Crippen LogP contribution in [0.25, 0.3) is 80.7 Å². The van der Waals surface area contributed by atoms with E-state index in [2.05, 4.69) is 184 Å². The van der Waals surface area contributed by atoms with E-state index in [0.29, 0.717) is 0 Å². The molecule has 4 nitrogen and oxygen atoms in total. The molecule has 56 heavy (non-hydrogen) atoms. The molecule has 0 N–H and O–H groups in total. The average Bonchev–Trinajstić information content (AvgIpc) is 3.90. The van der Waals surface area contributed by atoms with Crippen LogP contribution in [0.15, 0.2) is 170 Å². The molecule has 1 aliphatic heterocycles. The summed E-state index contributed by atoms with van der Waals surface area (Å²) < 4.78 is 10.6. The van der Waals surface area contributed by atoms with Crippen LogP contribution >= 0.6 is 27.3 Å². The molecule has 2 atom stereocenters. The van der Waals surface area contributed by atoms with Crippen molar-refractivity contribution in [2.24, 2.45) is 0 Å². The number of methoxy groups -OCH3 is 1. The number of nitrogens with zero attached hydrogens (tertiary/aromatic N) is 2. The summed E-state index contributed by atoms with van der Waals surface area (Å²) in [6.45, 7) is 0. The molecule has 8 aromatic carbocycles. The van der Waals surface area contributed by atoms with E-state index in [0.717, 1.165) is 66.4 Å². The van der Waals surface area contributed by atoms with E-state index in [-0.39, 0.29) is 10.9 Å². The molecule has 2 unspecified atom stereocenters. The van der Waals surface area contributed by atoms with E-state index in [4.69, 9.17) is 4.74 Å². The molecule has 0 spiro atoms. The summed E-state index contributed by atoms with van der Waals surface area (Å²) in [4.78, 5) is 16.0. The van der Waals surface area contributed by atoms with E-state index in [9.17, 15) is 4.79 Å². The number of hydrogen-bond donors (Lipinski definition) is 0. The lowest BCUT2D eigenvalue weighted by Gasteiger charge is -2.28. The first-order chi connectivity index (χ1) is 27.6. The van der Waals surface area contributed by atoms with Crippen molar-refractivity contribution in [1.29, 1.82) is 0 Å². The van der Waals surface area contributed by atoms with Crippen LogP contribution in [0.1, 0.15) is 22.0 Å². The molecule has 0 aliphatic carbocycles. The molecular weight excluding hydrogens is 773 g/mol. The van der Waals surface area contributed by atoms with Gasteiger partial charge in [-0.3, -0.25) is 4.90 Å². The summed E-state index contributed by atoms with van der Waals surface area (Å²) in [5.74, 6) is 0. The maximum Gasteiger partial charge on any atom is 0.414 e. The maximum atomic E-state index is 14.3. The van der Waals surface area contributed by atoms with Gasteiger partial charge in [0.15, 0.2) is 0 Å². The Morgan fingerprint density at radius 1 is 0.571 bits per heavy atom. The van der Waals surface area contributed by atoms with E-state index in [1.54, 1.807) is 0 Å². The number of carbonyl (C=O) groups excluding carboxylic acids is 1. The third-order valence-corrected chi connectivity index (χ3v) is 13.6. The van der Waals surface area contributed by atoms with Gasteiger partial charge in [0, 0.05) is 47.8 Å². The number of rotatable bonds is 4. The van der Waals surface area contributed by atoms with E-state index in [1.165, 1.54) is 38.2 Å². The predicted molar refractivity (Wildman–Crippen MR) is 238 cm³/mol. The predicted octanol–water partition coefficient (Wildman–Crippen LogP) is 14.4. The topological polar surface area (TPSA) is 34.5 Å². The van der Waals surface area contributed by atoms with Gasteiger partial charge in [-0.15, -0.1) is 11.3 Å². The molecule has 10 aromatic rings. The highest BCUT2D eigenvalue weighted by Gasteiger charge is 2.44. The quantitative estimate of drug-likeness (QED) is 0.166. The first-order valence-corrected chi connectivity index (χ1v) is 20.5. The SMILES string of the molecule is COC(=O)N1c2c(-c3cccc4c5ccccc5n(-c5ccccc5)c34)cccc2C(Br)C1c1cccc2c(-c3ccc4c(c3)sc3ccccc34)cccc12. The minimum atomic E-state index is -0.398. The zero-order valence-corrected chi connectivity index (χ0v) is 32.7. The van der Waals surface area contributed by atoms with Crippen LogP contribution in [0.4, 0.5) is 10.5 Å². The standard InChI is InChI=1S/C50H33BrN2O2S/c1-55-50(54)53-48-41(40-22-11-21-39-35-15-5-7-25-43(35)52(47(39)40)31-13-3-2-4-14-31)23-12-24-42(48)46(51)49(53)38-20-10-18-33-32(17-9-19-34(33)38)30-27-28-37-36-16-6-8-26-44(36)56-45(37)29-30/h2-29,46,49H,1H3. The molecule has 1 amide bonds. The molecule has 6 heteroatoms. The number of fused-ring (bicyclic) bond motifs is 8. The molecule has 1 aliphatic rings. The second-order valence-electron chi connectivity index (χ2n) is 14.4. The van der Waals surface area contributed by atoms with Gasteiger partial charge in [0.2, 0.25) is 0 Å². The molecule has 3 heterocycles. The number of anilines is 1. The Hall–Kier alpha value is -6.21. The number of thiophene rings is 1. The number of alkyl halides is 1. The highest BCUT2D eigenvalue weighted by molar-refractivity contribution is 9.09. The fourth-order valence-corrected chi connectivity index (χ4v) is 11.2. The third kappa shape index (κ3) is 4.86. The largest absolute Gasteiger partial charge is 0.452 e. The van der Waals surface area contributed by atoms with Gasteiger partial charge >= 0.3 is 6.09 Å². The van der Waals surface area contributed by atoms with Crippen LogP contribution < -0.4 is 4.90 Å². The molecule has 0 bridgehead atoms. The Balaban J connectivity index is 1.11. The molecular formula is C50H33BrN2O2S. The molecule has 0 fully saturated rings. The Morgan fingerprint density at radius 3 is 2.07 bits per heavy atom. The molecule has 268 valence electrons. The lowest BCUT2D eigenvalue weighted by atomic mass is 9.91. The van der Waals surface area contributed by atoms with Crippen LogP contribution in [0, 0.1) is 0 Å². The second-order valence-corrected chi connectivity index (χ2v) is 16.4. The van der Waals surface area contributed by atoms with Gasteiger partial charge in [-0.25, -0.2) is 4.79 Å². The number of benzene rings is 8. The van der Waals surface area contributed by atoms with Gasteiger partial charge in [-0.05, 0) is 63.4 Å². The average molecular weight is 806 g/mol. The van der Waals surface area contributed by atoms with Crippen LogP contribution in [0.5, 0.6) is 0 Å². The normalized spacial score (nSPS) is 15.4. The summed E-state index contributed by atoms with van der Waals surface area (Å²) in [6.07, 6.45) is -0.398. The summed E-state index contributed by atoms with van der Waals surface area (Å²) in [5.41, 5.74) is 10.6. The lowest BCUT2D eigenvalue weighted by Crippen LogP contribution is -2.33. The Labute approximate surface area is 335 Å². The first-order valence-electron chi connectivity index (χ1n) is 18.8. The zero-order valence-electron chi connectivity index (χ0n) is 30.3. The Kier molecular flexibility index (Phi) is 7.66. The van der Waals surface area contributed by atoms with Gasteiger partial charge in [-0.1, -0.05) is 155 Å². The Bertz CT molecular complexity index is 3200. The number of hydrogen-bond acceptors (Lipinski definition) is 3. The first kappa shape index (κ1) is 33.2. The second kappa shape index (κ2) is 12.9. The maximum absolute atomic E-state index is 14.3. The molecule has 0 saturated heterocycles. The molecule has 2 aromatic heterocycles.